The summed E-state index contributed by atoms with van der Waals surface area (Å²) in [5.41, 5.74) is 0. The van der Waals surface area contributed by atoms with Crippen molar-refractivity contribution in [3.05, 3.63) is 24.3 Å². The molecule has 0 saturated heterocycles. The zero-order chi connectivity index (χ0) is 10.4. The Bertz CT molecular complexity index is 319. The summed E-state index contributed by atoms with van der Waals surface area (Å²) >= 11 is 1.40. The summed E-state index contributed by atoms with van der Waals surface area (Å²) < 4.78 is 17.1. The number of nitrogens with zero attached hydrogens (tertiary/aromatic N) is 1. The first-order chi connectivity index (χ1) is 6.72. The minimum atomic E-state index is -0.506. The molecule has 14 heavy (non-hydrogen) atoms. The van der Waals surface area contributed by atoms with Crippen LogP contribution < -0.4 is 0 Å². The van der Waals surface area contributed by atoms with Crippen molar-refractivity contribution in [3.63, 3.8) is 0 Å². The fourth-order valence-electron chi connectivity index (χ4n) is 0.829. The van der Waals surface area contributed by atoms with Gasteiger partial charge in [-0.2, -0.15) is 4.39 Å². The van der Waals surface area contributed by atoms with Crippen molar-refractivity contribution in [3.8, 4) is 0 Å². The van der Waals surface area contributed by atoms with E-state index >= 15 is 0 Å². The fraction of sp³-hybridized carbons (Fsp3) is 0.333. The zero-order valence-corrected chi connectivity index (χ0v) is 8.51. The van der Waals surface area contributed by atoms with Gasteiger partial charge in [-0.15, -0.1) is 11.8 Å². The first kappa shape index (κ1) is 11.0. The second-order valence-electron chi connectivity index (χ2n) is 2.49. The fourth-order valence-corrected chi connectivity index (χ4v) is 1.67. The van der Waals surface area contributed by atoms with Crippen molar-refractivity contribution in [2.24, 2.45) is 0 Å². The lowest BCUT2D eigenvalue weighted by molar-refractivity contribution is -0.140. The van der Waals surface area contributed by atoms with Gasteiger partial charge in [-0.3, -0.25) is 4.79 Å². The molecule has 1 rings (SSSR count). The maximum Gasteiger partial charge on any atom is 0.306 e. The highest BCUT2D eigenvalue weighted by atomic mass is 32.2. The monoisotopic (exact) mass is 215 g/mol. The molecule has 0 N–H and O–H groups in total. The van der Waals surface area contributed by atoms with E-state index < -0.39 is 5.95 Å². The summed E-state index contributed by atoms with van der Waals surface area (Å²) in [6.07, 6.45) is 1.72. The van der Waals surface area contributed by atoms with Gasteiger partial charge in [-0.05, 0) is 6.07 Å². The minimum Gasteiger partial charge on any atom is -0.469 e. The molecule has 0 aliphatic carbocycles. The lowest BCUT2D eigenvalue weighted by atomic mass is 10.5. The molecule has 0 fully saturated rings. The molecule has 1 aromatic heterocycles. The smallest absolute Gasteiger partial charge is 0.306 e. The molecule has 0 bridgehead atoms. The van der Waals surface area contributed by atoms with E-state index in [1.807, 2.05) is 0 Å². The number of thioether (sulfide) groups is 1. The van der Waals surface area contributed by atoms with Crippen molar-refractivity contribution in [1.29, 1.82) is 0 Å². The van der Waals surface area contributed by atoms with E-state index in [-0.39, 0.29) is 5.97 Å². The molecule has 1 aromatic rings. The Morgan fingerprint density at radius 1 is 1.71 bits per heavy atom. The molecule has 0 spiro atoms. The topological polar surface area (TPSA) is 39.2 Å². The third-order valence-electron chi connectivity index (χ3n) is 1.50. The number of hydrogen-bond acceptors (Lipinski definition) is 4. The number of rotatable bonds is 4. The van der Waals surface area contributed by atoms with E-state index in [1.165, 1.54) is 31.1 Å². The van der Waals surface area contributed by atoms with Gasteiger partial charge in [-0.25, -0.2) is 4.98 Å². The van der Waals surface area contributed by atoms with Gasteiger partial charge < -0.3 is 4.74 Å². The van der Waals surface area contributed by atoms with E-state index in [4.69, 9.17) is 0 Å². The predicted molar refractivity (Wildman–Crippen MR) is 51.6 cm³/mol. The van der Waals surface area contributed by atoms with Crippen LogP contribution >= 0.6 is 11.8 Å². The number of esters is 1. The lowest BCUT2D eigenvalue weighted by Crippen LogP contribution is -2.00. The van der Waals surface area contributed by atoms with Crippen LogP contribution in [0.4, 0.5) is 4.39 Å². The highest BCUT2D eigenvalue weighted by Gasteiger charge is 2.01. The summed E-state index contributed by atoms with van der Waals surface area (Å²) in [6.45, 7) is 0. The Kier molecular flexibility index (Phi) is 4.39. The second-order valence-corrected chi connectivity index (χ2v) is 3.66. The van der Waals surface area contributed by atoms with E-state index in [1.54, 1.807) is 6.07 Å². The highest BCUT2D eigenvalue weighted by Crippen LogP contribution is 2.18. The van der Waals surface area contributed by atoms with Crippen LogP contribution in [0.3, 0.4) is 0 Å². The number of hydrogen-bond donors (Lipinski definition) is 0. The van der Waals surface area contributed by atoms with Gasteiger partial charge in [-0.1, -0.05) is 0 Å². The molecule has 0 atom stereocenters. The van der Waals surface area contributed by atoms with Crippen LogP contribution in [0.5, 0.6) is 0 Å². The number of methoxy groups -OCH3 is 1. The third kappa shape index (κ3) is 3.74. The van der Waals surface area contributed by atoms with Gasteiger partial charge in [0, 0.05) is 22.9 Å². The molecule has 0 aliphatic rings. The number of ether oxygens (including phenoxy) is 1. The Morgan fingerprint density at radius 2 is 2.50 bits per heavy atom. The standard InChI is InChI=1S/C9H10FNO2S/c1-13-9(12)3-5-14-7-2-4-11-8(10)6-7/h2,4,6H,3,5H2,1H3. The van der Waals surface area contributed by atoms with Crippen LogP contribution in [0.1, 0.15) is 6.42 Å². The van der Waals surface area contributed by atoms with Crippen molar-refractivity contribution < 1.29 is 13.9 Å². The number of carbonyl (C=O) groups excluding carboxylic acids is 1. The second kappa shape index (κ2) is 5.59. The van der Waals surface area contributed by atoms with Crippen LogP contribution in [0.15, 0.2) is 23.2 Å². The normalized spacial score (nSPS) is 9.86. The summed E-state index contributed by atoms with van der Waals surface area (Å²) in [7, 11) is 1.35. The molecule has 0 unspecified atom stereocenters. The van der Waals surface area contributed by atoms with Crippen LogP contribution in [-0.2, 0) is 9.53 Å². The first-order valence-corrected chi connectivity index (χ1v) is 5.02. The van der Waals surface area contributed by atoms with Gasteiger partial charge in [0.15, 0.2) is 0 Å². The van der Waals surface area contributed by atoms with Crippen molar-refractivity contribution in [2.45, 2.75) is 11.3 Å². The zero-order valence-electron chi connectivity index (χ0n) is 7.70. The molecule has 3 nitrogen and oxygen atoms in total. The van der Waals surface area contributed by atoms with E-state index in [2.05, 4.69) is 9.72 Å². The molecular weight excluding hydrogens is 205 g/mol. The Balaban J connectivity index is 2.35. The number of aromatic nitrogens is 1. The lowest BCUT2D eigenvalue weighted by Gasteiger charge is -2.00. The molecule has 0 saturated carbocycles. The van der Waals surface area contributed by atoms with Crippen LogP contribution in [0.25, 0.3) is 0 Å². The molecule has 76 valence electrons. The van der Waals surface area contributed by atoms with Crippen molar-refractivity contribution >= 4 is 17.7 Å². The van der Waals surface area contributed by atoms with Gasteiger partial charge in [0.2, 0.25) is 5.95 Å². The predicted octanol–water partition coefficient (Wildman–Crippen LogP) is 1.88. The molecule has 0 aliphatic heterocycles. The molecule has 1 heterocycles. The Labute approximate surface area is 85.7 Å². The third-order valence-corrected chi connectivity index (χ3v) is 2.50. The Morgan fingerprint density at radius 3 is 3.14 bits per heavy atom. The SMILES string of the molecule is COC(=O)CCSc1ccnc(F)c1. The molecule has 0 radical (unpaired) electrons. The highest BCUT2D eigenvalue weighted by molar-refractivity contribution is 7.99. The van der Waals surface area contributed by atoms with Crippen LogP contribution in [0.2, 0.25) is 0 Å². The molecule has 5 heteroatoms. The largest absolute Gasteiger partial charge is 0.469 e. The van der Waals surface area contributed by atoms with E-state index in [0.29, 0.717) is 12.2 Å². The number of halogens is 1. The minimum absolute atomic E-state index is 0.257. The van der Waals surface area contributed by atoms with Crippen LogP contribution in [0, 0.1) is 5.95 Å². The molecule has 0 amide bonds. The quantitative estimate of drug-likeness (QED) is 0.436. The maximum absolute atomic E-state index is 12.6. The number of carbonyl (C=O) groups is 1. The average molecular weight is 215 g/mol. The summed E-state index contributed by atoms with van der Waals surface area (Å²) in [4.78, 5) is 14.9. The maximum atomic E-state index is 12.6. The molecule has 0 aromatic carbocycles. The Hall–Kier alpha value is -1.10. The molecular formula is C9H10FNO2S. The van der Waals surface area contributed by atoms with Gasteiger partial charge in [0.05, 0.1) is 13.5 Å². The summed E-state index contributed by atoms with van der Waals surface area (Å²) in [5.74, 6) is -0.184. The van der Waals surface area contributed by atoms with Gasteiger partial charge in [0.1, 0.15) is 0 Å². The van der Waals surface area contributed by atoms with Crippen LogP contribution in [-0.4, -0.2) is 23.8 Å². The average Bonchev–Trinajstić information content (AvgIpc) is 2.17. The van der Waals surface area contributed by atoms with E-state index in [9.17, 15) is 9.18 Å². The van der Waals surface area contributed by atoms with Gasteiger partial charge in [0.25, 0.3) is 0 Å². The van der Waals surface area contributed by atoms with E-state index in [0.717, 1.165) is 4.90 Å². The summed E-state index contributed by atoms with van der Waals surface area (Å²) in [5, 5.41) is 0. The van der Waals surface area contributed by atoms with Crippen molar-refractivity contribution in [2.75, 3.05) is 12.9 Å². The van der Waals surface area contributed by atoms with Gasteiger partial charge >= 0.3 is 5.97 Å². The first-order valence-electron chi connectivity index (χ1n) is 4.03. The summed E-state index contributed by atoms with van der Waals surface area (Å²) in [6, 6.07) is 3.03. The van der Waals surface area contributed by atoms with Crippen molar-refractivity contribution in [1.82, 2.24) is 4.98 Å². The number of pyridine rings is 1.